The van der Waals surface area contributed by atoms with Crippen molar-refractivity contribution in [2.45, 2.75) is 51.1 Å². The van der Waals surface area contributed by atoms with Crippen LogP contribution in [0.25, 0.3) is 0 Å². The van der Waals surface area contributed by atoms with Gasteiger partial charge in [-0.25, -0.2) is 0 Å². The summed E-state index contributed by atoms with van der Waals surface area (Å²) < 4.78 is 0. The minimum Gasteiger partial charge on any atom is -0.338 e. The Morgan fingerprint density at radius 2 is 2.18 bits per heavy atom. The van der Waals surface area contributed by atoms with Crippen LogP contribution in [0.4, 0.5) is 0 Å². The molecule has 0 radical (unpaired) electrons. The van der Waals surface area contributed by atoms with Gasteiger partial charge >= 0.3 is 0 Å². The van der Waals surface area contributed by atoms with E-state index in [1.54, 1.807) is 0 Å². The molecule has 1 saturated heterocycles. The molecule has 1 amide bonds. The predicted octanol–water partition coefficient (Wildman–Crippen LogP) is 1.94. The Balaban J connectivity index is 2.08. The first kappa shape index (κ1) is 12.6. The molecule has 0 spiro atoms. The maximum Gasteiger partial charge on any atom is 0.239 e. The summed E-state index contributed by atoms with van der Waals surface area (Å²) in [5, 5.41) is 3.18. The molecule has 2 aliphatic rings. The summed E-state index contributed by atoms with van der Waals surface area (Å²) in [7, 11) is 1.90. The second kappa shape index (κ2) is 5.67. The topological polar surface area (TPSA) is 32.3 Å². The van der Waals surface area contributed by atoms with E-state index in [0.717, 1.165) is 38.6 Å². The van der Waals surface area contributed by atoms with Gasteiger partial charge in [-0.05, 0) is 45.1 Å². The first-order chi connectivity index (χ1) is 8.22. The van der Waals surface area contributed by atoms with E-state index >= 15 is 0 Å². The molecule has 96 valence electrons. The summed E-state index contributed by atoms with van der Waals surface area (Å²) >= 11 is 0. The molecule has 0 aromatic carbocycles. The number of amides is 1. The van der Waals surface area contributed by atoms with Gasteiger partial charge in [0, 0.05) is 12.6 Å². The van der Waals surface area contributed by atoms with Gasteiger partial charge in [0.15, 0.2) is 0 Å². The Morgan fingerprint density at radius 3 is 2.82 bits per heavy atom. The van der Waals surface area contributed by atoms with Gasteiger partial charge in [0.05, 0.1) is 6.04 Å². The molecule has 1 aliphatic carbocycles. The molecule has 3 nitrogen and oxygen atoms in total. The van der Waals surface area contributed by atoms with Gasteiger partial charge in [-0.15, -0.1) is 0 Å². The maximum atomic E-state index is 12.5. The lowest BCUT2D eigenvalue weighted by atomic mass is 9.99. The van der Waals surface area contributed by atoms with Gasteiger partial charge in [0.1, 0.15) is 0 Å². The number of carbonyl (C=O) groups is 1. The third-order valence-electron chi connectivity index (χ3n) is 4.11. The van der Waals surface area contributed by atoms with Gasteiger partial charge in [0.25, 0.3) is 0 Å². The highest BCUT2D eigenvalue weighted by Gasteiger charge is 2.32. The molecule has 3 heteroatoms. The number of allylic oxidation sites excluding steroid dienone is 1. The Bertz CT molecular complexity index is 301. The Kier molecular flexibility index (Phi) is 4.21. The average Bonchev–Trinajstić information content (AvgIpc) is 2.50. The van der Waals surface area contributed by atoms with Crippen molar-refractivity contribution in [3.05, 3.63) is 12.2 Å². The van der Waals surface area contributed by atoms with E-state index in [1.807, 2.05) is 7.05 Å². The van der Waals surface area contributed by atoms with Crippen LogP contribution >= 0.6 is 0 Å². The van der Waals surface area contributed by atoms with Crippen LogP contribution < -0.4 is 5.32 Å². The van der Waals surface area contributed by atoms with Crippen LogP contribution in [0.3, 0.4) is 0 Å². The van der Waals surface area contributed by atoms with E-state index in [9.17, 15) is 4.79 Å². The van der Waals surface area contributed by atoms with Crippen LogP contribution in [0.1, 0.15) is 39.0 Å². The van der Waals surface area contributed by atoms with Crippen molar-refractivity contribution in [1.29, 1.82) is 0 Å². The highest BCUT2D eigenvalue weighted by atomic mass is 16.2. The molecule has 0 aromatic heterocycles. The van der Waals surface area contributed by atoms with Crippen LogP contribution in [-0.2, 0) is 4.79 Å². The van der Waals surface area contributed by atoms with Gasteiger partial charge in [0.2, 0.25) is 5.91 Å². The molecule has 1 N–H and O–H groups in total. The molecule has 3 unspecified atom stereocenters. The fraction of sp³-hybridized carbons (Fsp3) is 0.786. The predicted molar refractivity (Wildman–Crippen MR) is 69.7 cm³/mol. The zero-order valence-electron chi connectivity index (χ0n) is 11.0. The van der Waals surface area contributed by atoms with Crippen molar-refractivity contribution >= 4 is 5.91 Å². The van der Waals surface area contributed by atoms with E-state index < -0.39 is 0 Å². The number of nitrogens with one attached hydrogen (secondary N) is 1. The fourth-order valence-corrected chi connectivity index (χ4v) is 2.96. The molecule has 1 aliphatic heterocycles. The first-order valence-corrected chi connectivity index (χ1v) is 6.85. The van der Waals surface area contributed by atoms with Crippen LogP contribution in [0.2, 0.25) is 0 Å². The maximum absolute atomic E-state index is 12.5. The Morgan fingerprint density at radius 1 is 1.35 bits per heavy atom. The van der Waals surface area contributed by atoms with Gasteiger partial charge < -0.3 is 10.2 Å². The van der Waals surface area contributed by atoms with E-state index in [1.165, 1.54) is 0 Å². The summed E-state index contributed by atoms with van der Waals surface area (Å²) in [5.41, 5.74) is 0. The standard InChI is InChI=1S/C14H24N2O/c1-11-8-9-16(12-6-4-3-5-7-12)14(17)13(10-11)15-2/h3-4,11-13,15H,5-10H2,1-2H3. The number of likely N-dealkylation sites (N-methyl/N-ethyl adjacent to an activating group) is 1. The number of carbonyl (C=O) groups excluding carboxylic acids is 1. The second-order valence-corrected chi connectivity index (χ2v) is 5.44. The van der Waals surface area contributed by atoms with Gasteiger partial charge in [-0.2, -0.15) is 0 Å². The third kappa shape index (κ3) is 2.89. The van der Waals surface area contributed by atoms with Crippen molar-refractivity contribution in [2.24, 2.45) is 5.92 Å². The molecule has 0 aromatic rings. The molecule has 3 atom stereocenters. The number of hydrogen-bond acceptors (Lipinski definition) is 2. The van der Waals surface area contributed by atoms with E-state index in [-0.39, 0.29) is 6.04 Å². The molecule has 17 heavy (non-hydrogen) atoms. The van der Waals surface area contributed by atoms with Crippen LogP contribution in [0.5, 0.6) is 0 Å². The fourth-order valence-electron chi connectivity index (χ4n) is 2.96. The van der Waals surface area contributed by atoms with Crippen LogP contribution in [-0.4, -0.2) is 36.5 Å². The minimum absolute atomic E-state index is 0.0263. The number of likely N-dealkylation sites (tertiary alicyclic amines) is 1. The van der Waals surface area contributed by atoms with Crippen molar-refractivity contribution in [3.63, 3.8) is 0 Å². The van der Waals surface area contributed by atoms with E-state index in [2.05, 4.69) is 29.3 Å². The second-order valence-electron chi connectivity index (χ2n) is 5.44. The third-order valence-corrected chi connectivity index (χ3v) is 4.11. The minimum atomic E-state index is 0.0263. The van der Waals surface area contributed by atoms with Gasteiger partial charge in [-0.1, -0.05) is 19.1 Å². The Hall–Kier alpha value is -0.830. The number of hydrogen-bond donors (Lipinski definition) is 1. The zero-order chi connectivity index (χ0) is 12.3. The quantitative estimate of drug-likeness (QED) is 0.743. The molecule has 0 bridgehead atoms. The molecule has 1 heterocycles. The average molecular weight is 236 g/mol. The lowest BCUT2D eigenvalue weighted by Crippen LogP contribution is -2.48. The molecular formula is C14H24N2O. The summed E-state index contributed by atoms with van der Waals surface area (Å²) in [4.78, 5) is 14.6. The lowest BCUT2D eigenvalue weighted by Gasteiger charge is -2.33. The molecular weight excluding hydrogens is 212 g/mol. The molecule has 2 rings (SSSR count). The highest BCUT2D eigenvalue weighted by molar-refractivity contribution is 5.82. The van der Waals surface area contributed by atoms with Crippen molar-refractivity contribution in [1.82, 2.24) is 10.2 Å². The van der Waals surface area contributed by atoms with E-state index in [0.29, 0.717) is 17.9 Å². The van der Waals surface area contributed by atoms with Crippen molar-refractivity contribution in [2.75, 3.05) is 13.6 Å². The number of nitrogens with zero attached hydrogens (tertiary/aromatic N) is 1. The summed E-state index contributed by atoms with van der Waals surface area (Å²) in [6, 6.07) is 0.465. The SMILES string of the molecule is CNC1CC(C)CCN(C2CC=CCC2)C1=O. The summed E-state index contributed by atoms with van der Waals surface area (Å²) in [5.74, 6) is 0.956. The van der Waals surface area contributed by atoms with Crippen molar-refractivity contribution < 1.29 is 4.79 Å². The van der Waals surface area contributed by atoms with Crippen molar-refractivity contribution in [3.8, 4) is 0 Å². The lowest BCUT2D eigenvalue weighted by molar-refractivity contribution is -0.135. The van der Waals surface area contributed by atoms with Crippen LogP contribution in [0.15, 0.2) is 12.2 Å². The Labute approximate surface area is 104 Å². The van der Waals surface area contributed by atoms with Gasteiger partial charge in [-0.3, -0.25) is 4.79 Å². The summed E-state index contributed by atoms with van der Waals surface area (Å²) in [6.45, 7) is 3.19. The number of rotatable bonds is 2. The largest absolute Gasteiger partial charge is 0.338 e. The normalized spacial score (nSPS) is 34.8. The summed E-state index contributed by atoms with van der Waals surface area (Å²) in [6.07, 6.45) is 9.87. The smallest absolute Gasteiger partial charge is 0.239 e. The molecule has 0 saturated carbocycles. The first-order valence-electron chi connectivity index (χ1n) is 6.85. The zero-order valence-corrected chi connectivity index (χ0v) is 11.0. The highest BCUT2D eigenvalue weighted by Crippen LogP contribution is 2.24. The monoisotopic (exact) mass is 236 g/mol. The molecule has 1 fully saturated rings. The van der Waals surface area contributed by atoms with E-state index in [4.69, 9.17) is 0 Å². The van der Waals surface area contributed by atoms with Crippen LogP contribution in [0, 0.1) is 5.92 Å².